The molecule has 1 amide bonds. The van der Waals surface area contributed by atoms with E-state index in [9.17, 15) is 18.0 Å². The molecule has 1 aromatic carbocycles. The number of aliphatic hydroxyl groups excluding tert-OH is 1. The van der Waals surface area contributed by atoms with E-state index < -0.39 is 18.7 Å². The van der Waals surface area contributed by atoms with E-state index in [1.807, 2.05) is 11.8 Å². The van der Waals surface area contributed by atoms with E-state index in [0.29, 0.717) is 18.3 Å². The molecule has 3 rings (SSSR count). The first kappa shape index (κ1) is 40.0. The molecule has 0 aromatic heterocycles. The zero-order chi connectivity index (χ0) is 31.3. The molecule has 1 aromatic rings. The van der Waals surface area contributed by atoms with Gasteiger partial charge in [-0.05, 0) is 72.2 Å². The van der Waals surface area contributed by atoms with Gasteiger partial charge in [0.2, 0.25) is 5.91 Å². The maximum absolute atomic E-state index is 11.9. The minimum absolute atomic E-state index is 0. The molecule has 4 atom stereocenters. The summed E-state index contributed by atoms with van der Waals surface area (Å²) in [5, 5.41) is 8.37. The zero-order valence-corrected chi connectivity index (χ0v) is 27.0. The summed E-state index contributed by atoms with van der Waals surface area (Å²) < 4.78 is 35.7. The summed E-state index contributed by atoms with van der Waals surface area (Å²) in [6.07, 6.45) is 4.04. The van der Waals surface area contributed by atoms with E-state index in [0.717, 1.165) is 49.6 Å². The van der Waals surface area contributed by atoms with Crippen LogP contribution < -0.4 is 4.90 Å². The van der Waals surface area contributed by atoms with E-state index in [4.69, 9.17) is 5.11 Å². The quantitative estimate of drug-likeness (QED) is 0.276. The number of benzene rings is 1. The second kappa shape index (κ2) is 19.3. The monoisotopic (exact) mass is 598 g/mol. The first-order chi connectivity index (χ1) is 19.2. The van der Waals surface area contributed by atoms with Gasteiger partial charge in [0.05, 0.1) is 12.5 Å². The molecule has 1 aliphatic heterocycles. The molecule has 2 aliphatic rings. The Labute approximate surface area is 255 Å². The van der Waals surface area contributed by atoms with Gasteiger partial charge in [0.1, 0.15) is 0 Å². The molecule has 7 heteroatoms. The highest BCUT2D eigenvalue weighted by Gasteiger charge is 2.57. The molecule has 244 valence electrons. The van der Waals surface area contributed by atoms with Crippen molar-refractivity contribution in [1.29, 1.82) is 0 Å². The second-order valence-electron chi connectivity index (χ2n) is 12.8. The van der Waals surface area contributed by atoms with Crippen LogP contribution >= 0.6 is 0 Å². The number of anilines is 1. The molecule has 42 heavy (non-hydrogen) atoms. The zero-order valence-electron chi connectivity index (χ0n) is 27.0. The van der Waals surface area contributed by atoms with Crippen LogP contribution in [0.5, 0.6) is 0 Å². The van der Waals surface area contributed by atoms with Gasteiger partial charge in [-0.1, -0.05) is 93.4 Å². The second-order valence-corrected chi connectivity index (χ2v) is 12.8. The SMILES string of the molecule is C.CC(=O)N1CC2C(C1)C2C(C)/C=C\N(C)c1ccc(CC(C)C)cc1.CCC(C)C.CCCCC(CO)C(F)(F)F. The lowest BCUT2D eigenvalue weighted by atomic mass is 10.0. The van der Waals surface area contributed by atoms with Gasteiger partial charge in [0, 0.05) is 32.7 Å². The third-order valence-electron chi connectivity index (χ3n) is 8.32. The average Bonchev–Trinajstić information content (AvgIpc) is 3.40. The molecule has 2 fully saturated rings. The van der Waals surface area contributed by atoms with Crippen LogP contribution in [0.15, 0.2) is 36.5 Å². The molecule has 1 N–H and O–H groups in total. The molecule has 4 nitrogen and oxygen atoms in total. The topological polar surface area (TPSA) is 43.8 Å². The molecule has 1 saturated carbocycles. The number of piperidine rings is 1. The van der Waals surface area contributed by atoms with Crippen molar-refractivity contribution in [3.63, 3.8) is 0 Å². The number of amides is 1. The minimum atomic E-state index is -4.23. The van der Waals surface area contributed by atoms with Crippen molar-refractivity contribution in [2.75, 3.05) is 31.6 Å². The minimum Gasteiger partial charge on any atom is -0.396 e. The Morgan fingerprint density at radius 3 is 1.95 bits per heavy atom. The van der Waals surface area contributed by atoms with Crippen LogP contribution in [-0.4, -0.2) is 48.8 Å². The highest BCUT2D eigenvalue weighted by Crippen LogP contribution is 2.55. The lowest BCUT2D eigenvalue weighted by Crippen LogP contribution is -2.29. The Morgan fingerprint density at radius 2 is 1.57 bits per heavy atom. The molecule has 1 aliphatic carbocycles. The van der Waals surface area contributed by atoms with Crippen molar-refractivity contribution in [2.45, 2.75) is 101 Å². The van der Waals surface area contributed by atoms with Crippen LogP contribution in [0, 0.1) is 41.4 Å². The lowest BCUT2D eigenvalue weighted by molar-refractivity contribution is -0.185. The van der Waals surface area contributed by atoms with Crippen LogP contribution in [0.3, 0.4) is 0 Å². The number of nitrogens with zero attached hydrogens (tertiary/aromatic N) is 2. The number of halogens is 3. The van der Waals surface area contributed by atoms with Crippen molar-refractivity contribution in [3.8, 4) is 0 Å². The average molecular weight is 599 g/mol. The maximum atomic E-state index is 11.9. The molecule has 1 saturated heterocycles. The molecular formula is C35H61F3N2O2. The van der Waals surface area contributed by atoms with Crippen LogP contribution in [-0.2, 0) is 11.2 Å². The van der Waals surface area contributed by atoms with Crippen molar-refractivity contribution < 1.29 is 23.1 Å². The molecule has 4 unspecified atom stereocenters. The van der Waals surface area contributed by atoms with Crippen molar-refractivity contribution in [2.24, 2.45) is 41.4 Å². The third-order valence-corrected chi connectivity index (χ3v) is 8.32. The number of carbonyl (C=O) groups excluding carboxylic acids is 1. The van der Waals surface area contributed by atoms with E-state index in [2.05, 4.69) is 90.0 Å². The standard InChI is InChI=1S/C22H32N2O.C7H13F3O.C5H12.CH4/c1-15(2)12-18-6-8-19(9-7-18)23(5)11-10-16(3)22-20-13-24(17(4)25)14-21(20)22;1-2-3-4-6(5-11)7(8,9)10;1-4-5(2)3;/h6-11,15-16,20-22H,12-14H2,1-5H3;6,11H,2-5H2,1H3;5H,4H2,1-3H3;1H4/b11-10-;;;. The number of hydrogen-bond acceptors (Lipinski definition) is 3. The van der Waals surface area contributed by atoms with Gasteiger partial charge in [-0.15, -0.1) is 0 Å². The summed E-state index contributed by atoms with van der Waals surface area (Å²) in [5.41, 5.74) is 2.64. The van der Waals surface area contributed by atoms with E-state index >= 15 is 0 Å². The molecule has 0 spiro atoms. The molecule has 1 heterocycles. The van der Waals surface area contributed by atoms with Gasteiger partial charge < -0.3 is 14.9 Å². The summed E-state index contributed by atoms with van der Waals surface area (Å²) in [7, 11) is 2.12. The van der Waals surface area contributed by atoms with Crippen molar-refractivity contribution >= 4 is 11.6 Å². The highest BCUT2D eigenvalue weighted by molar-refractivity contribution is 5.73. The number of rotatable bonds is 11. The number of carbonyl (C=O) groups is 1. The predicted molar refractivity (Wildman–Crippen MR) is 172 cm³/mol. The Kier molecular flexibility index (Phi) is 18.4. The summed E-state index contributed by atoms with van der Waals surface area (Å²) in [4.78, 5) is 15.7. The van der Waals surface area contributed by atoms with Gasteiger partial charge in [0.15, 0.2) is 0 Å². The first-order valence-corrected chi connectivity index (χ1v) is 15.6. The first-order valence-electron chi connectivity index (χ1n) is 15.6. The van der Waals surface area contributed by atoms with Gasteiger partial charge in [-0.2, -0.15) is 13.2 Å². The smallest absolute Gasteiger partial charge is 0.394 e. The van der Waals surface area contributed by atoms with Gasteiger partial charge in [0.25, 0.3) is 0 Å². The third kappa shape index (κ3) is 14.0. The number of aliphatic hydroxyl groups is 1. The Balaban J connectivity index is 0.000000828. The number of hydrogen-bond donors (Lipinski definition) is 1. The summed E-state index contributed by atoms with van der Waals surface area (Å²) >= 11 is 0. The fraction of sp³-hybridized carbons (Fsp3) is 0.743. The van der Waals surface area contributed by atoms with Crippen LogP contribution in [0.25, 0.3) is 0 Å². The van der Waals surface area contributed by atoms with Gasteiger partial charge >= 0.3 is 6.18 Å². The Bertz CT molecular complexity index is 886. The van der Waals surface area contributed by atoms with Crippen LogP contribution in [0.2, 0.25) is 0 Å². The number of fused-ring (bicyclic) bond motifs is 1. The largest absolute Gasteiger partial charge is 0.396 e. The number of alkyl halides is 3. The molecular weight excluding hydrogens is 537 g/mol. The van der Waals surface area contributed by atoms with E-state index in [1.54, 1.807) is 6.92 Å². The van der Waals surface area contributed by atoms with Crippen molar-refractivity contribution in [3.05, 3.63) is 42.1 Å². The summed E-state index contributed by atoms with van der Waals surface area (Å²) in [6.45, 7) is 18.1. The number of allylic oxidation sites excluding steroid dienone is 1. The number of likely N-dealkylation sites (tertiary alicyclic amines) is 1. The normalized spacial score (nSPS) is 20.6. The lowest BCUT2D eigenvalue weighted by Gasteiger charge is -2.20. The number of unbranched alkanes of at least 4 members (excludes halogenated alkanes) is 1. The Hall–Kier alpha value is -2.02. The van der Waals surface area contributed by atoms with E-state index in [1.165, 1.54) is 17.7 Å². The Morgan fingerprint density at radius 1 is 1.05 bits per heavy atom. The van der Waals surface area contributed by atoms with E-state index in [-0.39, 0.29) is 19.8 Å². The molecule has 0 bridgehead atoms. The van der Waals surface area contributed by atoms with Gasteiger partial charge in [-0.25, -0.2) is 0 Å². The van der Waals surface area contributed by atoms with Gasteiger partial charge in [-0.3, -0.25) is 4.79 Å². The van der Waals surface area contributed by atoms with Crippen molar-refractivity contribution in [1.82, 2.24) is 4.90 Å². The van der Waals surface area contributed by atoms with Crippen LogP contribution in [0.4, 0.5) is 18.9 Å². The highest BCUT2D eigenvalue weighted by atomic mass is 19.4. The summed E-state index contributed by atoms with van der Waals surface area (Å²) in [5.74, 6) is 3.07. The predicted octanol–water partition coefficient (Wildman–Crippen LogP) is 9.23. The van der Waals surface area contributed by atoms with Crippen LogP contribution in [0.1, 0.15) is 94.1 Å². The molecule has 0 radical (unpaired) electrons. The fourth-order valence-corrected chi connectivity index (χ4v) is 5.24. The fourth-order valence-electron chi connectivity index (χ4n) is 5.24. The maximum Gasteiger partial charge on any atom is 0.394 e. The summed E-state index contributed by atoms with van der Waals surface area (Å²) in [6, 6.07) is 8.90.